The van der Waals surface area contributed by atoms with Gasteiger partial charge in [0.15, 0.2) is 6.61 Å². The van der Waals surface area contributed by atoms with E-state index in [9.17, 15) is 14.9 Å². The molecule has 3 aromatic carbocycles. The maximum Gasteiger partial charge on any atom is 0.266 e. The van der Waals surface area contributed by atoms with E-state index in [0.29, 0.717) is 36.7 Å². The van der Waals surface area contributed by atoms with Crippen molar-refractivity contribution in [2.24, 2.45) is 0 Å². The van der Waals surface area contributed by atoms with Gasteiger partial charge >= 0.3 is 0 Å². The van der Waals surface area contributed by atoms with Crippen molar-refractivity contribution in [2.45, 2.75) is 6.92 Å². The molecule has 172 valence electrons. The van der Waals surface area contributed by atoms with E-state index in [-0.39, 0.29) is 18.1 Å². The Kier molecular flexibility index (Phi) is 8.88. The Bertz CT molecular complexity index is 1300. The molecule has 6 nitrogen and oxygen atoms in total. The zero-order valence-electron chi connectivity index (χ0n) is 17.9. The predicted octanol–water partition coefficient (Wildman–Crippen LogP) is 6.74. The summed E-state index contributed by atoms with van der Waals surface area (Å²) < 4.78 is 6.76. The molecule has 0 unspecified atom stereocenters. The Morgan fingerprint density at radius 1 is 1.03 bits per heavy atom. The van der Waals surface area contributed by atoms with Crippen LogP contribution in [0.4, 0.5) is 11.4 Å². The van der Waals surface area contributed by atoms with Gasteiger partial charge in [0, 0.05) is 16.4 Å². The Balaban J connectivity index is 1.69. The number of carbonyl (C=O) groups excluding carboxylic acids is 2. The lowest BCUT2D eigenvalue weighted by Gasteiger charge is -2.12. The lowest BCUT2D eigenvalue weighted by Crippen LogP contribution is -2.20. The number of rotatable bonds is 7. The molecule has 0 bridgehead atoms. The molecule has 0 atom stereocenters. The fourth-order valence-electron chi connectivity index (χ4n) is 2.94. The second-order valence-corrected chi connectivity index (χ2v) is 9.30. The molecular formula is C25H18Br2ClN3O3. The van der Waals surface area contributed by atoms with Crippen LogP contribution in [-0.2, 0) is 9.59 Å². The second kappa shape index (κ2) is 11.8. The summed E-state index contributed by atoms with van der Waals surface area (Å²) >= 11 is 12.8. The monoisotopic (exact) mass is 601 g/mol. The number of ether oxygens (including phenoxy) is 1. The zero-order valence-corrected chi connectivity index (χ0v) is 21.8. The number of anilines is 2. The average molecular weight is 604 g/mol. The van der Waals surface area contributed by atoms with E-state index in [1.165, 1.54) is 6.08 Å². The quantitative estimate of drug-likeness (QED) is 0.231. The first kappa shape index (κ1) is 25.5. The summed E-state index contributed by atoms with van der Waals surface area (Å²) in [6.45, 7) is 1.74. The van der Waals surface area contributed by atoms with Crippen LogP contribution in [0.25, 0.3) is 6.08 Å². The van der Waals surface area contributed by atoms with Crippen molar-refractivity contribution in [3.63, 3.8) is 0 Å². The van der Waals surface area contributed by atoms with E-state index >= 15 is 0 Å². The number of halogens is 3. The predicted molar refractivity (Wildman–Crippen MR) is 141 cm³/mol. The fraction of sp³-hybridized carbons (Fsp3) is 0.0800. The molecule has 2 amide bonds. The first-order chi connectivity index (χ1) is 16.2. The highest BCUT2D eigenvalue weighted by Crippen LogP contribution is 2.35. The molecule has 9 heteroatoms. The topological polar surface area (TPSA) is 91.2 Å². The first-order valence-corrected chi connectivity index (χ1v) is 11.9. The third-order valence-corrected chi connectivity index (χ3v) is 5.84. The van der Waals surface area contributed by atoms with Gasteiger partial charge in [0.05, 0.1) is 8.95 Å². The summed E-state index contributed by atoms with van der Waals surface area (Å²) in [7, 11) is 0. The van der Waals surface area contributed by atoms with Crippen molar-refractivity contribution >= 4 is 72.7 Å². The largest absolute Gasteiger partial charge is 0.481 e. The highest BCUT2D eigenvalue weighted by atomic mass is 79.9. The van der Waals surface area contributed by atoms with Crippen LogP contribution >= 0.6 is 43.5 Å². The van der Waals surface area contributed by atoms with Gasteiger partial charge in [-0.2, -0.15) is 5.26 Å². The molecule has 0 radical (unpaired) electrons. The highest BCUT2D eigenvalue weighted by Gasteiger charge is 2.14. The molecule has 2 N–H and O–H groups in total. The molecule has 0 aliphatic carbocycles. The maximum atomic E-state index is 12.5. The molecule has 0 heterocycles. The van der Waals surface area contributed by atoms with Gasteiger partial charge in [-0.1, -0.05) is 29.8 Å². The molecule has 3 rings (SSSR count). The number of hydrogen-bond acceptors (Lipinski definition) is 4. The van der Waals surface area contributed by atoms with Crippen LogP contribution in [0.1, 0.15) is 11.1 Å². The smallest absolute Gasteiger partial charge is 0.266 e. The molecule has 0 saturated heterocycles. The van der Waals surface area contributed by atoms with E-state index in [4.69, 9.17) is 16.3 Å². The van der Waals surface area contributed by atoms with E-state index in [2.05, 4.69) is 42.5 Å². The fourth-order valence-corrected chi connectivity index (χ4v) is 4.58. The first-order valence-electron chi connectivity index (χ1n) is 9.92. The van der Waals surface area contributed by atoms with Crippen molar-refractivity contribution in [2.75, 3.05) is 17.2 Å². The van der Waals surface area contributed by atoms with Gasteiger partial charge in [0.1, 0.15) is 17.4 Å². The third-order valence-electron chi connectivity index (χ3n) is 4.43. The zero-order chi connectivity index (χ0) is 24.7. The van der Waals surface area contributed by atoms with Crippen LogP contribution in [0.5, 0.6) is 5.75 Å². The van der Waals surface area contributed by atoms with Crippen molar-refractivity contribution in [1.82, 2.24) is 0 Å². The van der Waals surface area contributed by atoms with Crippen molar-refractivity contribution in [3.05, 3.63) is 91.3 Å². The van der Waals surface area contributed by atoms with Gasteiger partial charge in [-0.3, -0.25) is 9.59 Å². The van der Waals surface area contributed by atoms with Crippen LogP contribution in [0.2, 0.25) is 5.02 Å². The number of hydrogen-bond donors (Lipinski definition) is 2. The molecule has 0 aromatic heterocycles. The standard InChI is InChI=1S/C25H18Br2ClN3O3/c1-15-4-2-6-19(8-15)30-23(32)14-34-24-21(26)10-16(11-22(24)27)9-17(13-29)25(33)31-20-7-3-5-18(28)12-20/h2-12H,14H2,1H3,(H,30,32)(H,31,33)/b17-9-. The Labute approximate surface area is 218 Å². The lowest BCUT2D eigenvalue weighted by molar-refractivity contribution is -0.118. The summed E-state index contributed by atoms with van der Waals surface area (Å²) in [5.74, 6) is -0.457. The highest BCUT2D eigenvalue weighted by molar-refractivity contribution is 9.11. The minimum Gasteiger partial charge on any atom is -0.481 e. The van der Waals surface area contributed by atoms with Crippen LogP contribution in [0.15, 0.2) is 75.2 Å². The normalized spacial score (nSPS) is 10.9. The minimum absolute atomic E-state index is 0.0926. The molecule has 0 spiro atoms. The van der Waals surface area contributed by atoms with Gasteiger partial charge in [-0.15, -0.1) is 0 Å². The number of benzene rings is 3. The van der Waals surface area contributed by atoms with Gasteiger partial charge in [-0.25, -0.2) is 0 Å². The van der Waals surface area contributed by atoms with Gasteiger partial charge in [0.25, 0.3) is 11.8 Å². The van der Waals surface area contributed by atoms with Crippen molar-refractivity contribution in [1.29, 1.82) is 5.26 Å². The number of nitriles is 1. The van der Waals surface area contributed by atoms with Crippen LogP contribution in [-0.4, -0.2) is 18.4 Å². The maximum absolute atomic E-state index is 12.5. The van der Waals surface area contributed by atoms with E-state index < -0.39 is 5.91 Å². The molecule has 0 saturated carbocycles. The lowest BCUT2D eigenvalue weighted by atomic mass is 10.1. The Morgan fingerprint density at radius 3 is 2.29 bits per heavy atom. The summed E-state index contributed by atoms with van der Waals surface area (Å²) in [4.78, 5) is 24.8. The molecule has 0 aliphatic heterocycles. The number of amides is 2. The number of nitrogens with zero attached hydrogens (tertiary/aromatic N) is 1. The molecule has 0 fully saturated rings. The van der Waals surface area contributed by atoms with Gasteiger partial charge in [0.2, 0.25) is 0 Å². The Hall–Kier alpha value is -3.12. The minimum atomic E-state index is -0.565. The molecule has 0 aliphatic rings. The van der Waals surface area contributed by atoms with E-state index in [0.717, 1.165) is 5.56 Å². The van der Waals surface area contributed by atoms with Crippen molar-refractivity contribution in [3.8, 4) is 11.8 Å². The number of carbonyl (C=O) groups is 2. The number of nitrogens with one attached hydrogen (secondary N) is 2. The second-order valence-electron chi connectivity index (χ2n) is 7.15. The van der Waals surface area contributed by atoms with Gasteiger partial charge in [-0.05, 0) is 98.5 Å². The van der Waals surface area contributed by atoms with Crippen LogP contribution in [0.3, 0.4) is 0 Å². The SMILES string of the molecule is Cc1cccc(NC(=O)COc2c(Br)cc(/C=C(/C#N)C(=O)Nc3cccc(Cl)c3)cc2Br)c1. The molecular weight excluding hydrogens is 586 g/mol. The molecule has 3 aromatic rings. The van der Waals surface area contributed by atoms with E-state index in [1.807, 2.05) is 31.2 Å². The van der Waals surface area contributed by atoms with E-state index in [1.54, 1.807) is 42.5 Å². The van der Waals surface area contributed by atoms with Crippen LogP contribution in [0, 0.1) is 18.3 Å². The summed E-state index contributed by atoms with van der Waals surface area (Å²) in [6.07, 6.45) is 1.45. The van der Waals surface area contributed by atoms with Gasteiger partial charge < -0.3 is 15.4 Å². The average Bonchev–Trinajstić information content (AvgIpc) is 2.77. The number of aryl methyl sites for hydroxylation is 1. The Morgan fingerprint density at radius 2 is 1.68 bits per heavy atom. The summed E-state index contributed by atoms with van der Waals surface area (Å²) in [5.41, 5.74) is 2.69. The third kappa shape index (κ3) is 7.19. The summed E-state index contributed by atoms with van der Waals surface area (Å²) in [6, 6.07) is 19.4. The molecule has 34 heavy (non-hydrogen) atoms. The van der Waals surface area contributed by atoms with Crippen LogP contribution < -0.4 is 15.4 Å². The van der Waals surface area contributed by atoms with Crippen molar-refractivity contribution < 1.29 is 14.3 Å². The summed E-state index contributed by atoms with van der Waals surface area (Å²) in [5, 5.41) is 15.4.